The summed E-state index contributed by atoms with van der Waals surface area (Å²) in [5, 5.41) is 2.95. The van der Waals surface area contributed by atoms with E-state index in [1.807, 2.05) is 5.38 Å². The van der Waals surface area contributed by atoms with E-state index in [4.69, 9.17) is 4.74 Å². The van der Waals surface area contributed by atoms with Crippen LogP contribution in [0.5, 0.6) is 5.19 Å². The van der Waals surface area contributed by atoms with Crippen molar-refractivity contribution in [2.45, 2.75) is 0 Å². The molecule has 0 atom stereocenters. The first-order valence-electron chi connectivity index (χ1n) is 3.74. The molecule has 2 aromatic rings. The molecule has 72 valence electrons. The average Bonchev–Trinajstić information content (AvgIpc) is 2.86. The molecule has 0 amide bonds. The summed E-state index contributed by atoms with van der Waals surface area (Å²) in [7, 11) is 1.58. The minimum Gasteiger partial charge on any atom is -0.473 e. The zero-order chi connectivity index (χ0) is 9.97. The van der Waals surface area contributed by atoms with Gasteiger partial charge in [-0.15, -0.1) is 11.3 Å². The van der Waals surface area contributed by atoms with Crippen LogP contribution in [0.2, 0.25) is 0 Å². The fourth-order valence-corrected chi connectivity index (χ4v) is 2.33. The Morgan fingerprint density at radius 2 is 2.43 bits per heavy atom. The van der Waals surface area contributed by atoms with Gasteiger partial charge in [-0.2, -0.15) is 0 Å². The van der Waals surface area contributed by atoms with E-state index in [0.29, 0.717) is 10.2 Å². The van der Waals surface area contributed by atoms with E-state index in [9.17, 15) is 4.79 Å². The summed E-state index contributed by atoms with van der Waals surface area (Å²) in [4.78, 5) is 19.4. The van der Waals surface area contributed by atoms with Crippen LogP contribution in [-0.2, 0) is 0 Å². The van der Waals surface area contributed by atoms with Crippen LogP contribution >= 0.6 is 22.7 Å². The fourth-order valence-electron chi connectivity index (χ4n) is 0.925. The number of aldehydes is 1. The lowest BCUT2D eigenvalue weighted by molar-refractivity contribution is 0.112. The number of rotatable bonds is 3. The van der Waals surface area contributed by atoms with Crippen molar-refractivity contribution in [3.05, 3.63) is 16.6 Å². The summed E-state index contributed by atoms with van der Waals surface area (Å²) in [6.45, 7) is 0. The lowest BCUT2D eigenvalue weighted by Crippen LogP contribution is -1.79. The van der Waals surface area contributed by atoms with Crippen molar-refractivity contribution in [3.8, 4) is 15.8 Å². The molecule has 0 N–H and O–H groups in total. The van der Waals surface area contributed by atoms with Crippen LogP contribution < -0.4 is 4.74 Å². The molecule has 0 aliphatic rings. The molecule has 0 unspecified atom stereocenters. The zero-order valence-corrected chi connectivity index (χ0v) is 8.89. The Kier molecular flexibility index (Phi) is 2.55. The smallest absolute Gasteiger partial charge is 0.273 e. The Balaban J connectivity index is 2.33. The molecule has 0 saturated carbocycles. The lowest BCUT2D eigenvalue weighted by Gasteiger charge is -1.88. The van der Waals surface area contributed by atoms with Crippen molar-refractivity contribution in [3.63, 3.8) is 0 Å². The van der Waals surface area contributed by atoms with Crippen LogP contribution in [-0.4, -0.2) is 23.4 Å². The summed E-state index contributed by atoms with van der Waals surface area (Å²) in [5.41, 5.74) is 0.803. The van der Waals surface area contributed by atoms with Crippen molar-refractivity contribution in [1.29, 1.82) is 0 Å². The first kappa shape index (κ1) is 9.29. The third-order valence-electron chi connectivity index (χ3n) is 1.53. The number of nitrogens with zero attached hydrogens (tertiary/aromatic N) is 2. The van der Waals surface area contributed by atoms with Gasteiger partial charge >= 0.3 is 0 Å². The van der Waals surface area contributed by atoms with E-state index in [0.717, 1.165) is 16.9 Å². The first-order valence-corrected chi connectivity index (χ1v) is 5.44. The standard InChI is InChI=1S/C8H6N2O2S2/c1-12-8-10-5(4-13-8)6-2-9-7(3-11)14-6/h2-4H,1H3. The van der Waals surface area contributed by atoms with E-state index in [2.05, 4.69) is 9.97 Å². The van der Waals surface area contributed by atoms with Gasteiger partial charge < -0.3 is 4.74 Å². The van der Waals surface area contributed by atoms with Gasteiger partial charge in [-0.1, -0.05) is 11.3 Å². The van der Waals surface area contributed by atoms with Gasteiger partial charge in [0.2, 0.25) is 0 Å². The summed E-state index contributed by atoms with van der Waals surface area (Å²) >= 11 is 2.74. The van der Waals surface area contributed by atoms with E-state index in [-0.39, 0.29) is 0 Å². The van der Waals surface area contributed by atoms with Gasteiger partial charge in [0, 0.05) is 11.6 Å². The molecule has 6 heteroatoms. The molecule has 0 spiro atoms. The zero-order valence-electron chi connectivity index (χ0n) is 7.26. The maximum atomic E-state index is 10.4. The van der Waals surface area contributed by atoms with E-state index >= 15 is 0 Å². The second kappa shape index (κ2) is 3.85. The second-order valence-electron chi connectivity index (χ2n) is 2.38. The minimum atomic E-state index is 0.465. The molecular formula is C8H6N2O2S2. The van der Waals surface area contributed by atoms with Crippen LogP contribution in [0.3, 0.4) is 0 Å². The van der Waals surface area contributed by atoms with Gasteiger partial charge in [0.15, 0.2) is 11.3 Å². The van der Waals surface area contributed by atoms with Gasteiger partial charge in [0.1, 0.15) is 0 Å². The highest BCUT2D eigenvalue weighted by Crippen LogP contribution is 2.29. The van der Waals surface area contributed by atoms with Crippen LogP contribution in [0.1, 0.15) is 9.80 Å². The SMILES string of the molecule is COc1nc(-c2cnc(C=O)s2)cs1. The Labute approximate surface area is 88.2 Å². The minimum absolute atomic E-state index is 0.465. The number of hydrogen-bond acceptors (Lipinski definition) is 6. The molecule has 0 aliphatic heterocycles. The van der Waals surface area contributed by atoms with Gasteiger partial charge in [0.25, 0.3) is 5.19 Å². The number of carbonyl (C=O) groups is 1. The molecular weight excluding hydrogens is 220 g/mol. The van der Waals surface area contributed by atoms with Crippen LogP contribution in [0.4, 0.5) is 0 Å². The van der Waals surface area contributed by atoms with E-state index in [1.54, 1.807) is 13.3 Å². The highest BCUT2D eigenvalue weighted by atomic mass is 32.1. The molecule has 0 saturated heterocycles. The van der Waals surface area contributed by atoms with Crippen molar-refractivity contribution < 1.29 is 9.53 Å². The Morgan fingerprint density at radius 1 is 1.57 bits per heavy atom. The number of thiazole rings is 2. The van der Waals surface area contributed by atoms with E-state index in [1.165, 1.54) is 22.7 Å². The molecule has 0 fully saturated rings. The molecule has 2 rings (SSSR count). The van der Waals surface area contributed by atoms with Gasteiger partial charge in [0.05, 0.1) is 17.7 Å². The lowest BCUT2D eigenvalue weighted by atomic mass is 10.4. The molecule has 2 heterocycles. The van der Waals surface area contributed by atoms with Crippen molar-refractivity contribution in [2.24, 2.45) is 0 Å². The number of carbonyl (C=O) groups excluding carboxylic acids is 1. The van der Waals surface area contributed by atoms with E-state index < -0.39 is 0 Å². The first-order chi connectivity index (χ1) is 6.83. The number of methoxy groups -OCH3 is 1. The Morgan fingerprint density at radius 3 is 3.00 bits per heavy atom. The molecule has 0 radical (unpaired) electrons. The van der Waals surface area contributed by atoms with Gasteiger partial charge in [-0.25, -0.2) is 9.97 Å². The predicted molar refractivity (Wildman–Crippen MR) is 55.2 cm³/mol. The summed E-state index contributed by atoms with van der Waals surface area (Å²) in [6.07, 6.45) is 2.38. The predicted octanol–water partition coefficient (Wildman–Crippen LogP) is 2.09. The van der Waals surface area contributed by atoms with Crippen molar-refractivity contribution in [2.75, 3.05) is 7.11 Å². The molecule has 14 heavy (non-hydrogen) atoms. The van der Waals surface area contributed by atoms with Crippen LogP contribution in [0, 0.1) is 0 Å². The molecule has 0 aliphatic carbocycles. The third-order valence-corrected chi connectivity index (χ3v) is 3.28. The van der Waals surface area contributed by atoms with Gasteiger partial charge in [-0.05, 0) is 0 Å². The van der Waals surface area contributed by atoms with Crippen LogP contribution in [0.15, 0.2) is 11.6 Å². The average molecular weight is 226 g/mol. The molecule has 0 bridgehead atoms. The summed E-state index contributed by atoms with van der Waals surface area (Å²) in [6, 6.07) is 0. The van der Waals surface area contributed by atoms with Crippen molar-refractivity contribution in [1.82, 2.24) is 9.97 Å². The number of ether oxygens (including phenoxy) is 1. The summed E-state index contributed by atoms with van der Waals surface area (Å²) < 4.78 is 4.97. The maximum absolute atomic E-state index is 10.4. The fraction of sp³-hybridized carbons (Fsp3) is 0.125. The number of hydrogen-bond donors (Lipinski definition) is 0. The highest BCUT2D eigenvalue weighted by Gasteiger charge is 2.08. The second-order valence-corrected chi connectivity index (χ2v) is 4.27. The largest absolute Gasteiger partial charge is 0.473 e. The monoisotopic (exact) mass is 226 g/mol. The number of aromatic nitrogens is 2. The van der Waals surface area contributed by atoms with Gasteiger partial charge in [-0.3, -0.25) is 4.79 Å². The van der Waals surface area contributed by atoms with Crippen molar-refractivity contribution >= 4 is 29.0 Å². The Bertz CT molecular complexity index is 450. The summed E-state index contributed by atoms with van der Waals surface area (Å²) in [5.74, 6) is 0. The normalized spacial score (nSPS) is 10.1. The Hall–Kier alpha value is -1.27. The topological polar surface area (TPSA) is 52.1 Å². The molecule has 4 nitrogen and oxygen atoms in total. The molecule has 2 aromatic heterocycles. The van der Waals surface area contributed by atoms with Crippen LogP contribution in [0.25, 0.3) is 10.6 Å². The molecule has 0 aromatic carbocycles. The quantitative estimate of drug-likeness (QED) is 0.752. The maximum Gasteiger partial charge on any atom is 0.273 e. The third kappa shape index (κ3) is 1.66. The highest BCUT2D eigenvalue weighted by molar-refractivity contribution is 7.17.